The first kappa shape index (κ1) is 17.8. The number of nitrogens with one attached hydrogen (secondary N) is 1. The molecule has 0 spiro atoms. The summed E-state index contributed by atoms with van der Waals surface area (Å²) in [5, 5.41) is 2.83. The van der Waals surface area contributed by atoms with Crippen molar-refractivity contribution in [3.05, 3.63) is 72.4 Å². The number of carbonyl (C=O) groups is 1. The summed E-state index contributed by atoms with van der Waals surface area (Å²) in [6, 6.07) is 11.5. The number of anilines is 2. The molecule has 0 aliphatic carbocycles. The van der Waals surface area contributed by atoms with Gasteiger partial charge in [0.15, 0.2) is 0 Å². The second kappa shape index (κ2) is 8.43. The highest BCUT2D eigenvalue weighted by Gasteiger charge is 2.20. The third-order valence-corrected chi connectivity index (χ3v) is 4.59. The summed E-state index contributed by atoms with van der Waals surface area (Å²) in [6.45, 7) is 3.69. The van der Waals surface area contributed by atoms with E-state index in [0.717, 1.165) is 37.7 Å². The standard InChI is InChI=1S/C20H21N7O/c28-19(23-15-17-5-1-3-7-21-17)16-13-24-20(25-14-16)27-11-9-26(10-12-27)18-6-2-4-8-22-18/h1-8,13-14H,9-12,15H2,(H,23,28). The third kappa shape index (κ3) is 4.22. The van der Waals surface area contributed by atoms with E-state index < -0.39 is 0 Å². The van der Waals surface area contributed by atoms with Crippen LogP contribution in [0, 0.1) is 0 Å². The molecule has 28 heavy (non-hydrogen) atoms. The molecule has 8 heteroatoms. The summed E-state index contributed by atoms with van der Waals surface area (Å²) in [5.74, 6) is 1.42. The van der Waals surface area contributed by atoms with Crippen molar-refractivity contribution in [3.63, 3.8) is 0 Å². The van der Waals surface area contributed by atoms with E-state index in [4.69, 9.17) is 0 Å². The van der Waals surface area contributed by atoms with Crippen LogP contribution in [0.3, 0.4) is 0 Å². The quantitative estimate of drug-likeness (QED) is 0.723. The summed E-state index contributed by atoms with van der Waals surface area (Å²) in [6.07, 6.45) is 6.65. The fraction of sp³-hybridized carbons (Fsp3) is 0.250. The molecule has 142 valence electrons. The van der Waals surface area contributed by atoms with Gasteiger partial charge in [-0.25, -0.2) is 15.0 Å². The Balaban J connectivity index is 1.31. The molecular weight excluding hydrogens is 354 g/mol. The zero-order valence-corrected chi connectivity index (χ0v) is 15.4. The first-order valence-corrected chi connectivity index (χ1v) is 9.21. The number of hydrogen-bond acceptors (Lipinski definition) is 7. The number of piperazine rings is 1. The van der Waals surface area contributed by atoms with E-state index in [1.54, 1.807) is 18.6 Å². The first-order chi connectivity index (χ1) is 13.8. The van der Waals surface area contributed by atoms with Gasteiger partial charge in [0.1, 0.15) is 5.82 Å². The Hall–Kier alpha value is -3.55. The molecule has 1 saturated heterocycles. The average Bonchev–Trinajstić information content (AvgIpc) is 2.79. The lowest BCUT2D eigenvalue weighted by Crippen LogP contribution is -2.47. The molecule has 0 saturated carbocycles. The van der Waals surface area contributed by atoms with E-state index in [1.807, 2.05) is 42.6 Å². The number of carbonyl (C=O) groups excluding carboxylic acids is 1. The highest BCUT2D eigenvalue weighted by Crippen LogP contribution is 2.15. The van der Waals surface area contributed by atoms with E-state index in [2.05, 4.69) is 35.1 Å². The van der Waals surface area contributed by atoms with Crippen LogP contribution in [0.25, 0.3) is 0 Å². The maximum Gasteiger partial charge on any atom is 0.254 e. The molecule has 4 rings (SSSR count). The number of rotatable bonds is 5. The van der Waals surface area contributed by atoms with Crippen molar-refractivity contribution in [1.82, 2.24) is 25.3 Å². The zero-order chi connectivity index (χ0) is 19.2. The van der Waals surface area contributed by atoms with Gasteiger partial charge in [0.05, 0.1) is 17.8 Å². The topological polar surface area (TPSA) is 87.1 Å². The molecule has 1 aliphatic heterocycles. The predicted molar refractivity (Wildman–Crippen MR) is 106 cm³/mol. The van der Waals surface area contributed by atoms with Gasteiger partial charge in [-0.15, -0.1) is 0 Å². The smallest absolute Gasteiger partial charge is 0.254 e. The Morgan fingerprint density at radius 2 is 1.54 bits per heavy atom. The van der Waals surface area contributed by atoms with Crippen LogP contribution in [-0.2, 0) is 6.54 Å². The van der Waals surface area contributed by atoms with E-state index in [1.165, 1.54) is 0 Å². The van der Waals surface area contributed by atoms with Crippen molar-refractivity contribution in [1.29, 1.82) is 0 Å². The van der Waals surface area contributed by atoms with Gasteiger partial charge in [-0.05, 0) is 24.3 Å². The summed E-state index contributed by atoms with van der Waals surface area (Å²) >= 11 is 0. The molecule has 0 bridgehead atoms. The number of hydrogen-bond donors (Lipinski definition) is 1. The van der Waals surface area contributed by atoms with Gasteiger partial charge < -0.3 is 15.1 Å². The van der Waals surface area contributed by atoms with Gasteiger partial charge in [0.2, 0.25) is 5.95 Å². The fourth-order valence-electron chi connectivity index (χ4n) is 3.05. The molecule has 0 aromatic carbocycles. The molecule has 4 heterocycles. The van der Waals surface area contributed by atoms with Crippen LogP contribution < -0.4 is 15.1 Å². The Labute approximate surface area is 163 Å². The fourth-order valence-corrected chi connectivity index (χ4v) is 3.05. The van der Waals surface area contributed by atoms with Crippen molar-refractivity contribution in [2.24, 2.45) is 0 Å². The SMILES string of the molecule is O=C(NCc1ccccn1)c1cnc(N2CCN(c3ccccn3)CC2)nc1. The Morgan fingerprint density at radius 3 is 2.18 bits per heavy atom. The molecule has 0 unspecified atom stereocenters. The van der Waals surface area contributed by atoms with Crippen LogP contribution in [0.4, 0.5) is 11.8 Å². The summed E-state index contributed by atoms with van der Waals surface area (Å²) in [4.78, 5) is 34.0. The van der Waals surface area contributed by atoms with Crippen molar-refractivity contribution >= 4 is 17.7 Å². The summed E-state index contributed by atoms with van der Waals surface area (Å²) in [7, 11) is 0. The number of aromatic nitrogens is 4. The Bertz CT molecular complexity index is 895. The van der Waals surface area contributed by atoms with E-state index in [9.17, 15) is 4.79 Å². The van der Waals surface area contributed by atoms with Crippen LogP contribution in [0.5, 0.6) is 0 Å². The maximum atomic E-state index is 12.3. The largest absolute Gasteiger partial charge is 0.353 e. The van der Waals surface area contributed by atoms with Crippen molar-refractivity contribution in [2.75, 3.05) is 36.0 Å². The van der Waals surface area contributed by atoms with Crippen LogP contribution in [0.15, 0.2) is 61.2 Å². The molecule has 8 nitrogen and oxygen atoms in total. The molecule has 3 aromatic heterocycles. The monoisotopic (exact) mass is 375 g/mol. The summed E-state index contributed by atoms with van der Waals surface area (Å²) in [5.41, 5.74) is 1.24. The highest BCUT2D eigenvalue weighted by molar-refractivity contribution is 5.93. The maximum absolute atomic E-state index is 12.3. The van der Waals surface area contributed by atoms with Crippen LogP contribution in [0.2, 0.25) is 0 Å². The molecule has 0 atom stereocenters. The summed E-state index contributed by atoms with van der Waals surface area (Å²) < 4.78 is 0. The predicted octanol–water partition coefficient (Wildman–Crippen LogP) is 1.52. The Kier molecular flexibility index (Phi) is 5.37. The van der Waals surface area contributed by atoms with Gasteiger partial charge >= 0.3 is 0 Å². The van der Waals surface area contributed by atoms with Crippen LogP contribution >= 0.6 is 0 Å². The minimum Gasteiger partial charge on any atom is -0.353 e. The number of amides is 1. The minimum atomic E-state index is -0.211. The lowest BCUT2D eigenvalue weighted by atomic mass is 10.3. The van der Waals surface area contributed by atoms with Gasteiger partial charge in [-0.2, -0.15) is 0 Å². The molecule has 0 radical (unpaired) electrons. The number of nitrogens with zero attached hydrogens (tertiary/aromatic N) is 6. The molecule has 1 amide bonds. The zero-order valence-electron chi connectivity index (χ0n) is 15.4. The van der Waals surface area contributed by atoms with Gasteiger partial charge in [-0.1, -0.05) is 12.1 Å². The molecule has 3 aromatic rings. The normalized spacial score (nSPS) is 14.0. The van der Waals surface area contributed by atoms with Crippen LogP contribution in [0.1, 0.15) is 16.1 Å². The third-order valence-electron chi connectivity index (χ3n) is 4.59. The second-order valence-electron chi connectivity index (χ2n) is 6.44. The van der Waals surface area contributed by atoms with Crippen molar-refractivity contribution in [2.45, 2.75) is 6.54 Å². The highest BCUT2D eigenvalue weighted by atomic mass is 16.1. The second-order valence-corrected chi connectivity index (χ2v) is 6.44. The lowest BCUT2D eigenvalue weighted by molar-refractivity contribution is 0.0949. The van der Waals surface area contributed by atoms with Crippen molar-refractivity contribution < 1.29 is 4.79 Å². The minimum absolute atomic E-state index is 0.211. The average molecular weight is 375 g/mol. The van der Waals surface area contributed by atoms with Crippen molar-refractivity contribution in [3.8, 4) is 0 Å². The van der Waals surface area contributed by atoms with E-state index in [-0.39, 0.29) is 5.91 Å². The van der Waals surface area contributed by atoms with Gasteiger partial charge in [-0.3, -0.25) is 9.78 Å². The van der Waals surface area contributed by atoms with Crippen LogP contribution in [-0.4, -0.2) is 52.0 Å². The molecular formula is C20H21N7O. The molecule has 1 N–H and O–H groups in total. The van der Waals surface area contributed by atoms with E-state index in [0.29, 0.717) is 18.1 Å². The van der Waals surface area contributed by atoms with Gasteiger partial charge in [0.25, 0.3) is 5.91 Å². The Morgan fingerprint density at radius 1 is 0.857 bits per heavy atom. The lowest BCUT2D eigenvalue weighted by Gasteiger charge is -2.35. The number of pyridine rings is 2. The molecule has 1 aliphatic rings. The first-order valence-electron chi connectivity index (χ1n) is 9.21. The molecule has 1 fully saturated rings. The van der Waals surface area contributed by atoms with E-state index >= 15 is 0 Å². The van der Waals surface area contributed by atoms with Gasteiger partial charge in [0, 0.05) is 51.0 Å².